The molecule has 2 amide bonds. The number of benzene rings is 1. The smallest absolute Gasteiger partial charge is 0.254 e. The Kier molecular flexibility index (Phi) is 4.52. The van der Waals surface area contributed by atoms with Gasteiger partial charge in [0.05, 0.1) is 0 Å². The van der Waals surface area contributed by atoms with Crippen LogP contribution >= 0.6 is 0 Å². The molecule has 2 rings (SSSR count). The van der Waals surface area contributed by atoms with Crippen LogP contribution < -0.4 is 10.6 Å². The Balaban J connectivity index is 1.96. The molecule has 0 bridgehead atoms. The Morgan fingerprint density at radius 3 is 2.74 bits per heavy atom. The highest BCUT2D eigenvalue weighted by molar-refractivity contribution is 5.83. The van der Waals surface area contributed by atoms with E-state index in [2.05, 4.69) is 10.6 Å². The molecular formula is C14H18N2O3. The molecule has 2 N–H and O–H groups in total. The van der Waals surface area contributed by atoms with Gasteiger partial charge in [-0.3, -0.25) is 9.59 Å². The molecule has 0 aromatic heterocycles. The maximum absolute atomic E-state index is 12.2. The number of carbonyl (C=O) groups excluding carboxylic acids is 2. The average Bonchev–Trinajstić information content (AvgIpc) is 2.43. The third-order valence-corrected chi connectivity index (χ3v) is 3.19. The molecule has 5 heteroatoms. The molecule has 102 valence electrons. The van der Waals surface area contributed by atoms with E-state index in [4.69, 9.17) is 4.74 Å². The van der Waals surface area contributed by atoms with Crippen LogP contribution in [0.3, 0.4) is 0 Å². The van der Waals surface area contributed by atoms with E-state index in [9.17, 15) is 9.59 Å². The van der Waals surface area contributed by atoms with E-state index in [0.29, 0.717) is 19.4 Å². The first-order valence-corrected chi connectivity index (χ1v) is 6.35. The van der Waals surface area contributed by atoms with Crippen molar-refractivity contribution >= 4 is 11.8 Å². The molecule has 2 atom stereocenters. The topological polar surface area (TPSA) is 67.4 Å². The number of hydrogen-bond acceptors (Lipinski definition) is 3. The van der Waals surface area contributed by atoms with Crippen molar-refractivity contribution in [3.8, 4) is 0 Å². The van der Waals surface area contributed by atoms with Gasteiger partial charge in [-0.15, -0.1) is 0 Å². The Labute approximate surface area is 112 Å². The van der Waals surface area contributed by atoms with Gasteiger partial charge in [-0.2, -0.15) is 0 Å². The lowest BCUT2D eigenvalue weighted by Crippen LogP contribution is -2.49. The van der Waals surface area contributed by atoms with Gasteiger partial charge in [0.25, 0.3) is 5.91 Å². The van der Waals surface area contributed by atoms with E-state index in [1.807, 2.05) is 30.3 Å². The van der Waals surface area contributed by atoms with Gasteiger partial charge in [0, 0.05) is 26.1 Å². The third kappa shape index (κ3) is 3.54. The summed E-state index contributed by atoms with van der Waals surface area (Å²) in [6, 6.07) is 9.33. The van der Waals surface area contributed by atoms with Crippen LogP contribution in [0.15, 0.2) is 30.3 Å². The largest absolute Gasteiger partial charge is 0.367 e. The minimum Gasteiger partial charge on any atom is -0.367 e. The van der Waals surface area contributed by atoms with Gasteiger partial charge in [0.1, 0.15) is 0 Å². The summed E-state index contributed by atoms with van der Waals surface area (Å²) in [6.45, 7) is 0.482. The lowest BCUT2D eigenvalue weighted by molar-refractivity contribution is -0.133. The fraction of sp³-hybridized carbons (Fsp3) is 0.429. The molecule has 0 aliphatic carbocycles. The first-order valence-electron chi connectivity index (χ1n) is 6.35. The van der Waals surface area contributed by atoms with E-state index in [-0.39, 0.29) is 17.9 Å². The van der Waals surface area contributed by atoms with Crippen LogP contribution in [-0.4, -0.2) is 31.5 Å². The number of carbonyl (C=O) groups is 2. The molecule has 19 heavy (non-hydrogen) atoms. The van der Waals surface area contributed by atoms with Crippen molar-refractivity contribution in [2.75, 3.05) is 13.7 Å². The monoisotopic (exact) mass is 262 g/mol. The Hall–Kier alpha value is -1.88. The van der Waals surface area contributed by atoms with Crippen LogP contribution in [0.1, 0.15) is 24.5 Å². The molecule has 5 nitrogen and oxygen atoms in total. The van der Waals surface area contributed by atoms with E-state index in [0.717, 1.165) is 5.56 Å². The molecular weight excluding hydrogens is 244 g/mol. The molecule has 0 radical (unpaired) electrons. The lowest BCUT2D eigenvalue weighted by atomic mass is 10.0. The fourth-order valence-electron chi connectivity index (χ4n) is 2.16. The van der Waals surface area contributed by atoms with Crippen molar-refractivity contribution < 1.29 is 14.3 Å². The van der Waals surface area contributed by atoms with Crippen molar-refractivity contribution in [3.63, 3.8) is 0 Å². The number of hydrogen-bond donors (Lipinski definition) is 2. The SMILES string of the molecule is COC(C(=O)NC1CCC(=O)NC1)c1ccccc1. The predicted octanol–water partition coefficient (Wildman–Crippen LogP) is 0.769. The molecule has 1 heterocycles. The zero-order valence-corrected chi connectivity index (χ0v) is 10.9. The first-order chi connectivity index (χ1) is 9.20. The number of rotatable bonds is 4. The Bertz CT molecular complexity index is 437. The second-order valence-electron chi connectivity index (χ2n) is 4.57. The van der Waals surface area contributed by atoms with Gasteiger partial charge in [-0.1, -0.05) is 30.3 Å². The number of ether oxygens (including phenoxy) is 1. The normalized spacial score (nSPS) is 20.5. The summed E-state index contributed by atoms with van der Waals surface area (Å²) in [6.07, 6.45) is 0.510. The average molecular weight is 262 g/mol. The summed E-state index contributed by atoms with van der Waals surface area (Å²) in [7, 11) is 1.51. The van der Waals surface area contributed by atoms with E-state index < -0.39 is 6.10 Å². The molecule has 1 aromatic carbocycles. The minimum absolute atomic E-state index is 0.0217. The molecule has 1 fully saturated rings. The van der Waals surface area contributed by atoms with E-state index in [1.165, 1.54) is 7.11 Å². The molecule has 2 unspecified atom stereocenters. The van der Waals surface area contributed by atoms with Gasteiger partial charge in [0.15, 0.2) is 6.10 Å². The highest BCUT2D eigenvalue weighted by Gasteiger charge is 2.25. The minimum atomic E-state index is -0.612. The predicted molar refractivity (Wildman–Crippen MR) is 70.4 cm³/mol. The number of methoxy groups -OCH3 is 1. The quantitative estimate of drug-likeness (QED) is 0.842. The molecule has 0 spiro atoms. The first kappa shape index (κ1) is 13.5. The van der Waals surface area contributed by atoms with Gasteiger partial charge in [0.2, 0.25) is 5.91 Å². The summed E-state index contributed by atoms with van der Waals surface area (Å²) < 4.78 is 5.26. The van der Waals surface area contributed by atoms with Crippen LogP contribution in [0.25, 0.3) is 0 Å². The van der Waals surface area contributed by atoms with E-state index >= 15 is 0 Å². The van der Waals surface area contributed by atoms with Crippen molar-refractivity contribution in [1.82, 2.24) is 10.6 Å². The summed E-state index contributed by atoms with van der Waals surface area (Å²) in [4.78, 5) is 23.2. The highest BCUT2D eigenvalue weighted by atomic mass is 16.5. The zero-order valence-electron chi connectivity index (χ0n) is 10.9. The number of nitrogens with one attached hydrogen (secondary N) is 2. The molecule has 1 saturated heterocycles. The Morgan fingerprint density at radius 1 is 1.42 bits per heavy atom. The maximum Gasteiger partial charge on any atom is 0.254 e. The Morgan fingerprint density at radius 2 is 2.16 bits per heavy atom. The van der Waals surface area contributed by atoms with Gasteiger partial charge < -0.3 is 15.4 Å². The van der Waals surface area contributed by atoms with Crippen LogP contribution in [0.5, 0.6) is 0 Å². The van der Waals surface area contributed by atoms with Crippen LogP contribution in [0.2, 0.25) is 0 Å². The zero-order chi connectivity index (χ0) is 13.7. The maximum atomic E-state index is 12.2. The van der Waals surface area contributed by atoms with E-state index in [1.54, 1.807) is 0 Å². The van der Waals surface area contributed by atoms with Crippen molar-refractivity contribution in [2.45, 2.75) is 25.0 Å². The van der Waals surface area contributed by atoms with Gasteiger partial charge in [-0.25, -0.2) is 0 Å². The molecule has 1 aliphatic rings. The summed E-state index contributed by atoms with van der Waals surface area (Å²) in [5.41, 5.74) is 0.822. The van der Waals surface area contributed by atoms with Crippen molar-refractivity contribution in [2.24, 2.45) is 0 Å². The second kappa shape index (κ2) is 6.33. The number of piperidine rings is 1. The molecule has 1 aliphatic heterocycles. The third-order valence-electron chi connectivity index (χ3n) is 3.19. The summed E-state index contributed by atoms with van der Waals surface area (Å²) >= 11 is 0. The van der Waals surface area contributed by atoms with Crippen molar-refractivity contribution in [3.05, 3.63) is 35.9 Å². The molecule has 1 aromatic rings. The van der Waals surface area contributed by atoms with Gasteiger partial charge in [-0.05, 0) is 12.0 Å². The second-order valence-corrected chi connectivity index (χ2v) is 4.57. The van der Waals surface area contributed by atoms with Crippen LogP contribution in [0, 0.1) is 0 Å². The fourth-order valence-corrected chi connectivity index (χ4v) is 2.16. The highest BCUT2D eigenvalue weighted by Crippen LogP contribution is 2.17. The lowest BCUT2D eigenvalue weighted by Gasteiger charge is -2.25. The summed E-state index contributed by atoms with van der Waals surface area (Å²) in [5.74, 6) is -0.133. The van der Waals surface area contributed by atoms with Crippen molar-refractivity contribution in [1.29, 1.82) is 0 Å². The van der Waals surface area contributed by atoms with Crippen LogP contribution in [-0.2, 0) is 14.3 Å². The molecule has 0 saturated carbocycles. The van der Waals surface area contributed by atoms with Crippen LogP contribution in [0.4, 0.5) is 0 Å². The van der Waals surface area contributed by atoms with Gasteiger partial charge >= 0.3 is 0 Å². The standard InChI is InChI=1S/C14H18N2O3/c1-19-13(10-5-3-2-4-6-10)14(18)16-11-7-8-12(17)15-9-11/h2-6,11,13H,7-9H2,1H3,(H,15,17)(H,16,18). The summed E-state index contributed by atoms with van der Waals surface area (Å²) in [5, 5.41) is 5.65. The number of amides is 2.